The maximum atomic E-state index is 12.2. The molecule has 1 saturated heterocycles. The van der Waals surface area contributed by atoms with Crippen LogP contribution in [0.5, 0.6) is 0 Å². The Morgan fingerprint density at radius 3 is 2.42 bits per heavy atom. The van der Waals surface area contributed by atoms with Gasteiger partial charge in [0.25, 0.3) is 0 Å². The van der Waals surface area contributed by atoms with E-state index >= 15 is 0 Å². The molecule has 1 unspecified atom stereocenters. The van der Waals surface area contributed by atoms with Gasteiger partial charge in [-0.25, -0.2) is 8.42 Å². The molecule has 2 N–H and O–H groups in total. The topological polar surface area (TPSA) is 67.4 Å². The van der Waals surface area contributed by atoms with Gasteiger partial charge in [-0.3, -0.25) is 4.72 Å². The van der Waals surface area contributed by atoms with Gasteiger partial charge in [0.2, 0.25) is 10.0 Å². The summed E-state index contributed by atoms with van der Waals surface area (Å²) in [7, 11) is -3.33. The molecule has 0 amide bonds. The molecule has 3 rings (SSSR count). The Hall–Kier alpha value is -2.05. The fourth-order valence-electron chi connectivity index (χ4n) is 3.03. The maximum absolute atomic E-state index is 12.2. The van der Waals surface area contributed by atoms with Crippen LogP contribution in [0.25, 0.3) is 0 Å². The summed E-state index contributed by atoms with van der Waals surface area (Å²) in [6.07, 6.45) is 3.84. The molecule has 5 nitrogen and oxygen atoms in total. The van der Waals surface area contributed by atoms with Crippen LogP contribution in [0.3, 0.4) is 0 Å². The SMILES string of the molecule is O=S(=O)(CCCc1ccccc1)Nc1ccc(NCC2CCCO2)cc1. The molecule has 0 aliphatic carbocycles. The highest BCUT2D eigenvalue weighted by molar-refractivity contribution is 7.92. The largest absolute Gasteiger partial charge is 0.382 e. The van der Waals surface area contributed by atoms with Crippen LogP contribution in [0.1, 0.15) is 24.8 Å². The fourth-order valence-corrected chi connectivity index (χ4v) is 4.16. The average Bonchev–Trinajstić information content (AvgIpc) is 3.15. The van der Waals surface area contributed by atoms with Gasteiger partial charge in [-0.2, -0.15) is 0 Å². The monoisotopic (exact) mass is 374 g/mol. The molecule has 140 valence electrons. The van der Waals surface area contributed by atoms with Crippen LogP contribution in [0, 0.1) is 0 Å². The molecule has 6 heteroatoms. The molecule has 1 atom stereocenters. The number of anilines is 2. The van der Waals surface area contributed by atoms with Crippen LogP contribution in [-0.2, 0) is 21.2 Å². The number of sulfonamides is 1. The zero-order chi connectivity index (χ0) is 18.2. The molecule has 2 aromatic rings. The first-order chi connectivity index (χ1) is 12.6. The first-order valence-corrected chi connectivity index (χ1v) is 10.8. The summed E-state index contributed by atoms with van der Waals surface area (Å²) in [6, 6.07) is 17.3. The van der Waals surface area contributed by atoms with Crippen molar-refractivity contribution in [2.75, 3.05) is 28.9 Å². The van der Waals surface area contributed by atoms with Crippen LogP contribution in [0.15, 0.2) is 54.6 Å². The van der Waals surface area contributed by atoms with E-state index in [1.165, 1.54) is 0 Å². The Balaban J connectivity index is 1.44. The number of hydrogen-bond donors (Lipinski definition) is 2. The highest BCUT2D eigenvalue weighted by Crippen LogP contribution is 2.17. The second-order valence-corrected chi connectivity index (χ2v) is 8.45. The highest BCUT2D eigenvalue weighted by atomic mass is 32.2. The Morgan fingerprint density at radius 1 is 1.00 bits per heavy atom. The van der Waals surface area contributed by atoms with Crippen molar-refractivity contribution >= 4 is 21.4 Å². The van der Waals surface area contributed by atoms with Crippen molar-refractivity contribution in [1.82, 2.24) is 0 Å². The average molecular weight is 375 g/mol. The van der Waals surface area contributed by atoms with Gasteiger partial charge in [-0.1, -0.05) is 30.3 Å². The van der Waals surface area contributed by atoms with E-state index in [1.807, 2.05) is 42.5 Å². The van der Waals surface area contributed by atoms with Gasteiger partial charge < -0.3 is 10.1 Å². The molecular weight excluding hydrogens is 348 g/mol. The predicted octanol–water partition coefficient (Wildman–Crippen LogP) is 3.65. The number of hydrogen-bond acceptors (Lipinski definition) is 4. The summed E-state index contributed by atoms with van der Waals surface area (Å²) in [5.74, 6) is 0.112. The van der Waals surface area contributed by atoms with Crippen LogP contribution in [0.2, 0.25) is 0 Å². The van der Waals surface area contributed by atoms with E-state index in [1.54, 1.807) is 12.1 Å². The zero-order valence-corrected chi connectivity index (χ0v) is 15.7. The van der Waals surface area contributed by atoms with Gasteiger partial charge in [-0.15, -0.1) is 0 Å². The molecule has 26 heavy (non-hydrogen) atoms. The maximum Gasteiger partial charge on any atom is 0.232 e. The molecule has 1 heterocycles. The van der Waals surface area contributed by atoms with Crippen molar-refractivity contribution in [3.05, 3.63) is 60.2 Å². The second-order valence-electron chi connectivity index (χ2n) is 6.60. The molecule has 0 spiro atoms. The summed E-state index contributed by atoms with van der Waals surface area (Å²) < 4.78 is 32.7. The first-order valence-electron chi connectivity index (χ1n) is 9.11. The third-order valence-corrected chi connectivity index (χ3v) is 5.81. The third kappa shape index (κ3) is 6.04. The van der Waals surface area contributed by atoms with Gasteiger partial charge in [0.1, 0.15) is 0 Å². The molecular formula is C20H26N2O3S. The Morgan fingerprint density at radius 2 is 1.73 bits per heavy atom. The van der Waals surface area contributed by atoms with Crippen LogP contribution >= 0.6 is 0 Å². The molecule has 2 aromatic carbocycles. The van der Waals surface area contributed by atoms with E-state index in [2.05, 4.69) is 10.0 Å². The van der Waals surface area contributed by atoms with E-state index in [0.29, 0.717) is 12.1 Å². The highest BCUT2D eigenvalue weighted by Gasteiger charge is 2.15. The standard InChI is InChI=1S/C20H26N2O3S/c23-26(24,15-5-8-17-6-2-1-3-7-17)22-19-12-10-18(11-13-19)21-16-20-9-4-14-25-20/h1-3,6-7,10-13,20-22H,4-5,8-9,14-16H2. The number of nitrogens with one attached hydrogen (secondary N) is 2. The molecule has 0 radical (unpaired) electrons. The van der Waals surface area contributed by atoms with Crippen molar-refractivity contribution in [3.63, 3.8) is 0 Å². The molecule has 1 fully saturated rings. The minimum absolute atomic E-state index is 0.112. The van der Waals surface area contributed by atoms with E-state index in [9.17, 15) is 8.42 Å². The summed E-state index contributed by atoms with van der Waals surface area (Å²) in [5.41, 5.74) is 2.71. The van der Waals surface area contributed by atoms with Crippen LogP contribution in [-0.4, -0.2) is 33.4 Å². The zero-order valence-electron chi connectivity index (χ0n) is 14.9. The van der Waals surface area contributed by atoms with Gasteiger partial charge in [0, 0.05) is 24.5 Å². The lowest BCUT2D eigenvalue weighted by molar-refractivity contribution is 0.120. The molecule has 0 saturated carbocycles. The number of aryl methyl sites for hydroxylation is 1. The normalized spacial score (nSPS) is 17.2. The van der Waals surface area contributed by atoms with Crippen molar-refractivity contribution < 1.29 is 13.2 Å². The molecule has 1 aliphatic rings. The first kappa shape index (κ1) is 18.7. The van der Waals surface area contributed by atoms with E-state index in [-0.39, 0.29) is 11.9 Å². The molecule has 1 aliphatic heterocycles. The Kier molecular flexibility index (Phi) is 6.52. The summed E-state index contributed by atoms with van der Waals surface area (Å²) >= 11 is 0. The quantitative estimate of drug-likeness (QED) is 0.703. The lowest BCUT2D eigenvalue weighted by atomic mass is 10.1. The summed E-state index contributed by atoms with van der Waals surface area (Å²) in [6.45, 7) is 1.63. The minimum atomic E-state index is -3.33. The van der Waals surface area contributed by atoms with Gasteiger partial charge >= 0.3 is 0 Å². The van der Waals surface area contributed by atoms with E-state index in [4.69, 9.17) is 4.74 Å². The third-order valence-electron chi connectivity index (χ3n) is 4.44. The van der Waals surface area contributed by atoms with Crippen molar-refractivity contribution in [3.8, 4) is 0 Å². The molecule has 0 bridgehead atoms. The Labute approximate surface area is 155 Å². The Bertz CT molecular complexity index is 770. The van der Waals surface area contributed by atoms with Crippen LogP contribution < -0.4 is 10.0 Å². The number of benzene rings is 2. The van der Waals surface area contributed by atoms with Gasteiger partial charge in [0.05, 0.1) is 11.9 Å². The van der Waals surface area contributed by atoms with Gasteiger partial charge in [-0.05, 0) is 55.5 Å². The lowest BCUT2D eigenvalue weighted by Gasteiger charge is -2.13. The number of ether oxygens (including phenoxy) is 1. The van der Waals surface area contributed by atoms with Gasteiger partial charge in [0.15, 0.2) is 0 Å². The smallest absolute Gasteiger partial charge is 0.232 e. The van der Waals surface area contributed by atoms with Crippen molar-refractivity contribution in [2.45, 2.75) is 31.8 Å². The van der Waals surface area contributed by atoms with Crippen molar-refractivity contribution in [1.29, 1.82) is 0 Å². The minimum Gasteiger partial charge on any atom is -0.382 e. The fraction of sp³-hybridized carbons (Fsp3) is 0.400. The second kappa shape index (κ2) is 9.05. The summed E-state index contributed by atoms with van der Waals surface area (Å²) in [4.78, 5) is 0. The lowest BCUT2D eigenvalue weighted by Crippen LogP contribution is -2.18. The van der Waals surface area contributed by atoms with E-state index in [0.717, 1.165) is 43.7 Å². The molecule has 0 aromatic heterocycles. The predicted molar refractivity (Wildman–Crippen MR) is 106 cm³/mol. The van der Waals surface area contributed by atoms with E-state index < -0.39 is 10.0 Å². The number of rotatable bonds is 9. The van der Waals surface area contributed by atoms with Crippen molar-refractivity contribution in [2.24, 2.45) is 0 Å². The summed E-state index contributed by atoms with van der Waals surface area (Å²) in [5, 5.41) is 3.33. The van der Waals surface area contributed by atoms with Crippen LogP contribution in [0.4, 0.5) is 11.4 Å².